The average Bonchev–Trinajstić information content (AvgIpc) is 3.30. The third kappa shape index (κ3) is 5.65. The summed E-state index contributed by atoms with van der Waals surface area (Å²) in [6.07, 6.45) is 13.5. The van der Waals surface area contributed by atoms with E-state index in [0.29, 0.717) is 48.3 Å². The van der Waals surface area contributed by atoms with E-state index < -0.39 is 0 Å². The number of fused-ring (bicyclic) bond motifs is 2. The molecule has 2 saturated heterocycles. The molecule has 2 amide bonds. The molecule has 2 aromatic rings. The second-order valence-electron chi connectivity index (χ2n) is 10.6. The van der Waals surface area contributed by atoms with Gasteiger partial charge >= 0.3 is 0 Å². The summed E-state index contributed by atoms with van der Waals surface area (Å²) in [6.45, 7) is 2.57. The topological polar surface area (TPSA) is 107 Å². The van der Waals surface area contributed by atoms with Crippen LogP contribution in [-0.2, 0) is 9.59 Å². The molecule has 3 fully saturated rings. The van der Waals surface area contributed by atoms with Crippen LogP contribution in [0.25, 0.3) is 0 Å². The molecular formula is C28H38N8O2. The SMILES string of the molecule is C/C=C(/C(=O)N(C)C)N(c1ccnc(Nc2ccc(N3CC4CCC(CC3=O)N4)cn2)n1)C1CCCCC1. The zero-order chi connectivity index (χ0) is 26.6. The zero-order valence-electron chi connectivity index (χ0n) is 22.6. The minimum absolute atomic E-state index is 0.0464. The minimum atomic E-state index is -0.0464. The van der Waals surface area contributed by atoms with Crippen LogP contribution in [0.2, 0.25) is 0 Å². The number of carbonyl (C=O) groups is 2. The van der Waals surface area contributed by atoms with Crippen LogP contribution in [0.1, 0.15) is 58.3 Å². The number of hydrogen-bond acceptors (Lipinski definition) is 8. The molecule has 1 saturated carbocycles. The first-order chi connectivity index (χ1) is 18.4. The monoisotopic (exact) mass is 518 g/mol. The summed E-state index contributed by atoms with van der Waals surface area (Å²) >= 11 is 0. The van der Waals surface area contributed by atoms with Crippen molar-refractivity contribution >= 4 is 35.1 Å². The van der Waals surface area contributed by atoms with Crippen LogP contribution in [0, 0.1) is 0 Å². The number of amides is 2. The van der Waals surface area contributed by atoms with Crippen molar-refractivity contribution in [2.45, 2.75) is 76.4 Å². The summed E-state index contributed by atoms with van der Waals surface area (Å²) in [6, 6.07) is 6.46. The first-order valence-corrected chi connectivity index (χ1v) is 13.7. The molecule has 0 radical (unpaired) electrons. The van der Waals surface area contributed by atoms with Crippen LogP contribution in [0.4, 0.5) is 23.3 Å². The number of nitrogens with one attached hydrogen (secondary N) is 2. The number of allylic oxidation sites excluding steroid dienone is 1. The molecule has 202 valence electrons. The summed E-state index contributed by atoms with van der Waals surface area (Å²) in [5.74, 6) is 1.77. The van der Waals surface area contributed by atoms with Gasteiger partial charge in [-0.1, -0.05) is 25.3 Å². The first kappa shape index (κ1) is 26.1. The molecule has 2 aliphatic heterocycles. The van der Waals surface area contributed by atoms with E-state index in [2.05, 4.69) is 25.5 Å². The fourth-order valence-electron chi connectivity index (χ4n) is 5.82. The lowest BCUT2D eigenvalue weighted by Gasteiger charge is -2.37. The maximum Gasteiger partial charge on any atom is 0.269 e. The van der Waals surface area contributed by atoms with Crippen LogP contribution < -0.4 is 20.4 Å². The van der Waals surface area contributed by atoms with E-state index in [1.54, 1.807) is 31.4 Å². The summed E-state index contributed by atoms with van der Waals surface area (Å²) in [7, 11) is 3.54. The van der Waals surface area contributed by atoms with Gasteiger partial charge in [-0.2, -0.15) is 4.98 Å². The predicted octanol–water partition coefficient (Wildman–Crippen LogP) is 3.60. The molecule has 2 unspecified atom stereocenters. The van der Waals surface area contributed by atoms with Gasteiger partial charge in [0.1, 0.15) is 17.3 Å². The molecule has 2 N–H and O–H groups in total. The molecule has 5 rings (SSSR count). The quantitative estimate of drug-likeness (QED) is 0.536. The fourth-order valence-corrected chi connectivity index (χ4v) is 5.82. The summed E-state index contributed by atoms with van der Waals surface area (Å²) < 4.78 is 0. The highest BCUT2D eigenvalue weighted by Gasteiger charge is 2.34. The molecule has 10 nitrogen and oxygen atoms in total. The van der Waals surface area contributed by atoms with Crippen molar-refractivity contribution in [1.29, 1.82) is 0 Å². The van der Waals surface area contributed by atoms with E-state index in [-0.39, 0.29) is 17.9 Å². The van der Waals surface area contributed by atoms with Gasteiger partial charge in [0.05, 0.1) is 11.9 Å². The van der Waals surface area contributed by atoms with Gasteiger partial charge in [-0.05, 0) is 50.8 Å². The lowest BCUT2D eigenvalue weighted by molar-refractivity contribution is -0.125. The van der Waals surface area contributed by atoms with Gasteiger partial charge in [-0.25, -0.2) is 9.97 Å². The van der Waals surface area contributed by atoms with E-state index in [9.17, 15) is 9.59 Å². The Morgan fingerprint density at radius 1 is 1.08 bits per heavy atom. The zero-order valence-corrected chi connectivity index (χ0v) is 22.6. The molecule has 1 aliphatic carbocycles. The lowest BCUT2D eigenvalue weighted by atomic mass is 9.93. The van der Waals surface area contributed by atoms with Gasteiger partial charge in [0.15, 0.2) is 0 Å². The van der Waals surface area contributed by atoms with E-state index >= 15 is 0 Å². The molecule has 2 bridgehead atoms. The highest BCUT2D eigenvalue weighted by atomic mass is 16.2. The predicted molar refractivity (Wildman–Crippen MR) is 148 cm³/mol. The van der Waals surface area contributed by atoms with Crippen LogP contribution >= 0.6 is 0 Å². The number of nitrogens with zero attached hydrogens (tertiary/aromatic N) is 6. The Balaban J connectivity index is 1.35. The van der Waals surface area contributed by atoms with E-state index in [1.807, 2.05) is 36.1 Å². The van der Waals surface area contributed by atoms with Crippen molar-refractivity contribution in [3.63, 3.8) is 0 Å². The second kappa shape index (κ2) is 11.5. The molecule has 10 heteroatoms. The number of aromatic nitrogens is 3. The van der Waals surface area contributed by atoms with Crippen LogP contribution in [-0.4, -0.2) is 70.4 Å². The van der Waals surface area contributed by atoms with Crippen molar-refractivity contribution < 1.29 is 9.59 Å². The highest BCUT2D eigenvalue weighted by molar-refractivity contribution is 5.96. The van der Waals surface area contributed by atoms with E-state index in [0.717, 1.165) is 44.2 Å². The van der Waals surface area contributed by atoms with Gasteiger partial charge in [-0.15, -0.1) is 0 Å². The number of pyridine rings is 1. The van der Waals surface area contributed by atoms with E-state index in [1.165, 1.54) is 6.42 Å². The second-order valence-corrected chi connectivity index (χ2v) is 10.6. The number of anilines is 4. The fraction of sp³-hybridized carbons (Fsp3) is 0.536. The number of likely N-dealkylation sites (N-methyl/N-ethyl adjacent to an activating group) is 1. The standard InChI is InChI=1S/C28H38N8O2/c1-4-23(27(38)34(2)3)36(21-8-6-5-7-9-21)25-14-15-29-28(33-25)32-24-13-12-22(17-30-24)35-18-20-11-10-19(31-20)16-26(35)37/h4,12-15,17,19-21,31H,5-11,16,18H2,1-3H3,(H,29,30,32,33)/b23-4-. The molecule has 3 aliphatic rings. The van der Waals surface area contributed by atoms with Gasteiger partial charge in [0, 0.05) is 51.4 Å². The number of hydrogen-bond donors (Lipinski definition) is 2. The minimum Gasteiger partial charge on any atom is -0.344 e. The Morgan fingerprint density at radius 2 is 1.87 bits per heavy atom. The van der Waals surface area contributed by atoms with Crippen molar-refractivity contribution in [2.24, 2.45) is 0 Å². The summed E-state index contributed by atoms with van der Waals surface area (Å²) in [5.41, 5.74) is 1.42. The van der Waals surface area contributed by atoms with Gasteiger partial charge in [0.2, 0.25) is 11.9 Å². The summed E-state index contributed by atoms with van der Waals surface area (Å²) in [5, 5.41) is 6.75. The molecular weight excluding hydrogens is 480 g/mol. The molecule has 2 aromatic heterocycles. The highest BCUT2D eigenvalue weighted by Crippen LogP contribution is 2.31. The lowest BCUT2D eigenvalue weighted by Crippen LogP contribution is -2.42. The van der Waals surface area contributed by atoms with Gasteiger partial charge < -0.3 is 25.3 Å². The van der Waals surface area contributed by atoms with Crippen molar-refractivity contribution in [1.82, 2.24) is 25.2 Å². The smallest absolute Gasteiger partial charge is 0.269 e. The molecule has 4 heterocycles. The molecule has 0 aromatic carbocycles. The van der Waals surface area contributed by atoms with Crippen LogP contribution in [0.15, 0.2) is 42.4 Å². The van der Waals surface area contributed by atoms with E-state index in [4.69, 9.17) is 4.98 Å². The maximum atomic E-state index is 13.1. The van der Waals surface area contributed by atoms with Gasteiger partial charge in [-0.3, -0.25) is 9.59 Å². The Morgan fingerprint density at radius 3 is 2.58 bits per heavy atom. The average molecular weight is 519 g/mol. The van der Waals surface area contributed by atoms with Crippen LogP contribution in [0.5, 0.6) is 0 Å². The number of rotatable bonds is 7. The number of carbonyl (C=O) groups excluding carboxylic acids is 2. The Hall–Kier alpha value is -3.53. The third-order valence-electron chi connectivity index (χ3n) is 7.75. The van der Waals surface area contributed by atoms with Crippen molar-refractivity contribution in [2.75, 3.05) is 35.8 Å². The largest absolute Gasteiger partial charge is 0.344 e. The molecule has 0 spiro atoms. The Kier molecular flexibility index (Phi) is 7.87. The van der Waals surface area contributed by atoms with Crippen molar-refractivity contribution in [3.8, 4) is 0 Å². The van der Waals surface area contributed by atoms with Crippen molar-refractivity contribution in [3.05, 3.63) is 42.4 Å². The van der Waals surface area contributed by atoms with Gasteiger partial charge in [0.25, 0.3) is 5.91 Å². The Labute approximate surface area is 224 Å². The normalized spacial score (nSPS) is 22.2. The molecule has 2 atom stereocenters. The first-order valence-electron chi connectivity index (χ1n) is 13.7. The molecule has 38 heavy (non-hydrogen) atoms. The van der Waals surface area contributed by atoms with Crippen LogP contribution in [0.3, 0.4) is 0 Å². The Bertz CT molecular complexity index is 1180. The summed E-state index contributed by atoms with van der Waals surface area (Å²) in [4.78, 5) is 45.1. The maximum absolute atomic E-state index is 13.1. The third-order valence-corrected chi connectivity index (χ3v) is 7.75.